The van der Waals surface area contributed by atoms with Crippen LogP contribution in [0.25, 0.3) is 0 Å². The van der Waals surface area contributed by atoms with E-state index in [0.29, 0.717) is 17.9 Å². The number of nitrogens with one attached hydrogen (secondary N) is 1. The van der Waals surface area contributed by atoms with Gasteiger partial charge in [0.15, 0.2) is 11.5 Å². The van der Waals surface area contributed by atoms with E-state index in [9.17, 15) is 14.7 Å². The van der Waals surface area contributed by atoms with Crippen LogP contribution in [0, 0.1) is 0 Å². The maximum atomic E-state index is 11.9. The van der Waals surface area contributed by atoms with Crippen LogP contribution < -0.4 is 14.8 Å². The lowest BCUT2D eigenvalue weighted by atomic mass is 10.1. The summed E-state index contributed by atoms with van der Waals surface area (Å²) < 4.78 is 15.7. The highest BCUT2D eigenvalue weighted by atomic mass is 16.7. The number of alkyl carbamates (subject to hydrolysis) is 1. The summed E-state index contributed by atoms with van der Waals surface area (Å²) >= 11 is 0. The Labute approximate surface area is 133 Å². The van der Waals surface area contributed by atoms with Gasteiger partial charge < -0.3 is 24.6 Å². The zero-order chi connectivity index (χ0) is 16.8. The van der Waals surface area contributed by atoms with Crippen molar-refractivity contribution in [2.75, 3.05) is 6.79 Å². The Hall–Kier alpha value is -2.44. The highest BCUT2D eigenvalue weighted by Gasteiger charge is 2.63. The molecule has 2 atom stereocenters. The second kappa shape index (κ2) is 5.04. The van der Waals surface area contributed by atoms with Crippen LogP contribution in [0.5, 0.6) is 11.5 Å². The van der Waals surface area contributed by atoms with Crippen LogP contribution in [0.3, 0.4) is 0 Å². The molecule has 1 saturated carbocycles. The van der Waals surface area contributed by atoms with E-state index in [4.69, 9.17) is 14.2 Å². The number of hydrogen-bond acceptors (Lipinski definition) is 5. The van der Waals surface area contributed by atoms with Crippen LogP contribution in [0.15, 0.2) is 18.2 Å². The van der Waals surface area contributed by atoms with Crippen molar-refractivity contribution in [1.29, 1.82) is 0 Å². The Morgan fingerprint density at radius 2 is 2.00 bits per heavy atom. The number of benzene rings is 1. The number of aliphatic carboxylic acids is 1. The first-order chi connectivity index (χ1) is 10.7. The Morgan fingerprint density at radius 1 is 1.30 bits per heavy atom. The van der Waals surface area contributed by atoms with Crippen LogP contribution in [0.1, 0.15) is 38.7 Å². The molecule has 1 aliphatic carbocycles. The highest BCUT2D eigenvalue weighted by Crippen LogP contribution is 2.53. The molecule has 2 unspecified atom stereocenters. The zero-order valence-corrected chi connectivity index (χ0v) is 13.2. The first-order valence-electron chi connectivity index (χ1n) is 7.35. The lowest BCUT2D eigenvalue weighted by molar-refractivity contribution is -0.140. The monoisotopic (exact) mass is 321 g/mol. The largest absolute Gasteiger partial charge is 0.479 e. The molecule has 1 amide bonds. The molecule has 0 bridgehead atoms. The molecule has 7 nitrogen and oxygen atoms in total. The quantitative estimate of drug-likeness (QED) is 0.887. The minimum Gasteiger partial charge on any atom is -0.479 e. The molecule has 1 aromatic rings. The van der Waals surface area contributed by atoms with Gasteiger partial charge in [-0.15, -0.1) is 0 Å². The van der Waals surface area contributed by atoms with Crippen LogP contribution >= 0.6 is 0 Å². The number of fused-ring (bicyclic) bond motifs is 1. The Kier molecular flexibility index (Phi) is 3.39. The van der Waals surface area contributed by atoms with Crippen LogP contribution in [0.4, 0.5) is 4.79 Å². The fraction of sp³-hybridized carbons (Fsp3) is 0.500. The molecule has 124 valence electrons. The van der Waals surface area contributed by atoms with Crippen LogP contribution in [-0.4, -0.2) is 35.1 Å². The number of carbonyl (C=O) groups excluding carboxylic acids is 1. The lowest BCUT2D eigenvalue weighted by Crippen LogP contribution is -2.46. The fourth-order valence-corrected chi connectivity index (χ4v) is 2.71. The first kappa shape index (κ1) is 15.5. The normalized spacial score (nSPS) is 24.9. The van der Waals surface area contributed by atoms with E-state index in [2.05, 4.69) is 5.32 Å². The number of amides is 1. The maximum Gasteiger partial charge on any atom is 0.408 e. The summed E-state index contributed by atoms with van der Waals surface area (Å²) in [7, 11) is 0. The molecule has 7 heteroatoms. The number of hydrogen-bond donors (Lipinski definition) is 2. The molecule has 0 saturated heterocycles. The second-order valence-electron chi connectivity index (χ2n) is 6.77. The van der Waals surface area contributed by atoms with Gasteiger partial charge in [0, 0.05) is 5.92 Å². The number of carbonyl (C=O) groups is 2. The molecule has 1 aromatic carbocycles. The average molecular weight is 321 g/mol. The predicted octanol–water partition coefficient (Wildman–Crippen LogP) is 2.25. The minimum atomic E-state index is -1.34. The summed E-state index contributed by atoms with van der Waals surface area (Å²) in [5, 5.41) is 12.1. The van der Waals surface area contributed by atoms with Crippen LogP contribution in [-0.2, 0) is 9.53 Å². The molecule has 2 aliphatic rings. The van der Waals surface area contributed by atoms with Crippen molar-refractivity contribution in [1.82, 2.24) is 5.32 Å². The molecule has 1 heterocycles. The summed E-state index contributed by atoms with van der Waals surface area (Å²) in [6.45, 7) is 5.33. The van der Waals surface area contributed by atoms with Gasteiger partial charge in [0.25, 0.3) is 0 Å². The van der Waals surface area contributed by atoms with Gasteiger partial charge in [-0.2, -0.15) is 0 Å². The van der Waals surface area contributed by atoms with Gasteiger partial charge in [0.1, 0.15) is 11.1 Å². The number of rotatable bonds is 3. The molecule has 0 aromatic heterocycles. The average Bonchev–Trinajstić information content (AvgIpc) is 2.95. The van der Waals surface area contributed by atoms with E-state index in [-0.39, 0.29) is 12.7 Å². The lowest BCUT2D eigenvalue weighted by Gasteiger charge is -2.22. The van der Waals surface area contributed by atoms with E-state index >= 15 is 0 Å². The smallest absolute Gasteiger partial charge is 0.408 e. The molecule has 0 spiro atoms. The molecule has 23 heavy (non-hydrogen) atoms. The van der Waals surface area contributed by atoms with Gasteiger partial charge in [-0.1, -0.05) is 6.07 Å². The van der Waals surface area contributed by atoms with Crippen molar-refractivity contribution in [2.24, 2.45) is 0 Å². The van der Waals surface area contributed by atoms with E-state index in [1.165, 1.54) is 0 Å². The zero-order valence-electron chi connectivity index (χ0n) is 13.2. The summed E-state index contributed by atoms with van der Waals surface area (Å²) in [6, 6.07) is 5.30. The van der Waals surface area contributed by atoms with Gasteiger partial charge >= 0.3 is 12.1 Å². The topological polar surface area (TPSA) is 94.1 Å². The van der Waals surface area contributed by atoms with Gasteiger partial charge in [-0.05, 0) is 44.9 Å². The molecule has 3 rings (SSSR count). The van der Waals surface area contributed by atoms with Crippen molar-refractivity contribution < 1.29 is 28.9 Å². The molecule has 1 fully saturated rings. The van der Waals surface area contributed by atoms with Crippen LogP contribution in [0.2, 0.25) is 0 Å². The second-order valence-corrected chi connectivity index (χ2v) is 6.77. The molecule has 0 radical (unpaired) electrons. The Balaban J connectivity index is 1.77. The highest BCUT2D eigenvalue weighted by molar-refractivity contribution is 5.90. The van der Waals surface area contributed by atoms with E-state index in [0.717, 1.165) is 5.56 Å². The standard InChI is InChI=1S/C16H19NO6/c1-15(2,3)23-14(20)17-16(13(18)19)7-10(16)9-4-5-11-12(6-9)22-8-21-11/h4-6,10H,7-8H2,1-3H3,(H,17,20)(H,18,19). The SMILES string of the molecule is CC(C)(C)OC(=O)NC1(C(=O)O)CC1c1ccc2c(c1)OCO2. The number of carboxylic acid groups (broad SMARTS) is 1. The molecular formula is C16H19NO6. The third-order valence-corrected chi connectivity index (χ3v) is 3.87. The van der Waals surface area contributed by atoms with Crippen molar-refractivity contribution >= 4 is 12.1 Å². The van der Waals surface area contributed by atoms with E-state index in [1.54, 1.807) is 39.0 Å². The first-order valence-corrected chi connectivity index (χ1v) is 7.35. The summed E-state index contributed by atoms with van der Waals surface area (Å²) in [5.74, 6) is -0.186. The number of ether oxygens (including phenoxy) is 3. The third-order valence-electron chi connectivity index (χ3n) is 3.87. The third kappa shape index (κ3) is 2.91. The van der Waals surface area contributed by atoms with Gasteiger partial charge in [-0.3, -0.25) is 0 Å². The van der Waals surface area contributed by atoms with Crippen molar-refractivity contribution in [2.45, 2.75) is 44.2 Å². The number of carboxylic acids is 1. The van der Waals surface area contributed by atoms with Crippen molar-refractivity contribution in [3.63, 3.8) is 0 Å². The molecule has 2 N–H and O–H groups in total. The summed E-state index contributed by atoms with van der Waals surface area (Å²) in [4.78, 5) is 23.6. The van der Waals surface area contributed by atoms with Gasteiger partial charge in [0.2, 0.25) is 6.79 Å². The summed E-state index contributed by atoms with van der Waals surface area (Å²) in [5.41, 5.74) is -1.24. The minimum absolute atomic E-state index is 0.156. The predicted molar refractivity (Wildman–Crippen MR) is 79.7 cm³/mol. The van der Waals surface area contributed by atoms with E-state index in [1.807, 2.05) is 0 Å². The molecule has 1 aliphatic heterocycles. The van der Waals surface area contributed by atoms with Gasteiger partial charge in [-0.25, -0.2) is 9.59 Å². The van der Waals surface area contributed by atoms with Crippen molar-refractivity contribution in [3.05, 3.63) is 23.8 Å². The van der Waals surface area contributed by atoms with E-state index < -0.39 is 23.2 Å². The van der Waals surface area contributed by atoms with Gasteiger partial charge in [0.05, 0.1) is 0 Å². The Bertz CT molecular complexity index is 665. The summed E-state index contributed by atoms with van der Waals surface area (Å²) in [6.07, 6.45) is -0.426. The molecular weight excluding hydrogens is 302 g/mol. The van der Waals surface area contributed by atoms with Crippen molar-refractivity contribution in [3.8, 4) is 11.5 Å². The maximum absolute atomic E-state index is 11.9. The Morgan fingerprint density at radius 3 is 2.65 bits per heavy atom. The fourth-order valence-electron chi connectivity index (χ4n) is 2.71.